The average molecular weight is 478 g/mol. The number of amides is 1. The predicted octanol–water partition coefficient (Wildman–Crippen LogP) is 2.55. The topological polar surface area (TPSA) is 109 Å². The lowest BCUT2D eigenvalue weighted by Crippen LogP contribution is -2.32. The van der Waals surface area contributed by atoms with Crippen molar-refractivity contribution in [3.8, 4) is 0 Å². The average Bonchev–Trinajstić information content (AvgIpc) is 3.49. The van der Waals surface area contributed by atoms with E-state index in [1.807, 2.05) is 0 Å². The van der Waals surface area contributed by atoms with Gasteiger partial charge in [0.15, 0.2) is 0 Å². The van der Waals surface area contributed by atoms with Gasteiger partial charge in [0.1, 0.15) is 22.8 Å². The van der Waals surface area contributed by atoms with Gasteiger partial charge in [0, 0.05) is 24.3 Å². The predicted molar refractivity (Wildman–Crippen MR) is 112 cm³/mol. The number of nitrogens with one attached hydrogen (secondary N) is 1. The summed E-state index contributed by atoms with van der Waals surface area (Å²) in [5, 5.41) is 14.7. The van der Waals surface area contributed by atoms with Crippen molar-refractivity contribution in [2.75, 3.05) is 26.4 Å². The van der Waals surface area contributed by atoms with Gasteiger partial charge in [-0.25, -0.2) is 0 Å². The number of nitrogens with zero attached hydrogens (tertiary/aromatic N) is 5. The molecule has 0 radical (unpaired) electrons. The van der Waals surface area contributed by atoms with Crippen LogP contribution in [0.3, 0.4) is 0 Å². The summed E-state index contributed by atoms with van der Waals surface area (Å²) in [7, 11) is 0. The highest BCUT2D eigenvalue weighted by atomic mass is 19.4. The number of ether oxygens (including phenoxy) is 2. The van der Waals surface area contributed by atoms with E-state index >= 15 is 0 Å². The Kier molecular flexibility index (Phi) is 5.73. The summed E-state index contributed by atoms with van der Waals surface area (Å²) in [5.74, 6) is -1.77. The maximum Gasteiger partial charge on any atom is 0.421 e. The van der Waals surface area contributed by atoms with Gasteiger partial charge in [-0.1, -0.05) is 5.21 Å². The summed E-state index contributed by atoms with van der Waals surface area (Å²) < 4.78 is 61.8. The highest BCUT2D eigenvalue weighted by molar-refractivity contribution is 6.09. The van der Waals surface area contributed by atoms with Crippen LogP contribution in [0.2, 0.25) is 0 Å². The van der Waals surface area contributed by atoms with Crippen LogP contribution in [0.15, 0.2) is 28.9 Å². The molecule has 34 heavy (non-hydrogen) atoms. The van der Waals surface area contributed by atoms with Crippen molar-refractivity contribution in [2.24, 2.45) is 0 Å². The van der Waals surface area contributed by atoms with Crippen LogP contribution in [-0.4, -0.2) is 63.2 Å². The molecule has 10 nitrogen and oxygen atoms in total. The van der Waals surface area contributed by atoms with Gasteiger partial charge in [-0.3, -0.25) is 14.2 Å². The summed E-state index contributed by atoms with van der Waals surface area (Å²) >= 11 is 0. The first-order valence-corrected chi connectivity index (χ1v) is 10.6. The maximum atomic E-state index is 14.1. The second kappa shape index (κ2) is 8.72. The van der Waals surface area contributed by atoms with Gasteiger partial charge in [-0.05, 0) is 19.1 Å². The minimum Gasteiger partial charge on any atom is -0.450 e. The Labute approximate surface area is 190 Å². The first-order valence-electron chi connectivity index (χ1n) is 10.6. The van der Waals surface area contributed by atoms with Crippen molar-refractivity contribution in [2.45, 2.75) is 32.3 Å². The summed E-state index contributed by atoms with van der Waals surface area (Å²) in [6, 6.07) is 3.02. The Morgan fingerprint density at radius 2 is 2.09 bits per heavy atom. The SMILES string of the molecule is Cc1cn(CCNC(=O)c2oc3ccc4cn(C[C@H]5COCCO5)nc4c3c2C(F)(F)F)nn1. The lowest BCUT2D eigenvalue weighted by molar-refractivity contribution is -0.137. The molecule has 1 N–H and O–H groups in total. The fraction of sp³-hybridized carbons (Fsp3) is 0.429. The van der Waals surface area contributed by atoms with Crippen LogP contribution in [0.25, 0.3) is 21.9 Å². The number of fused-ring (bicyclic) bond motifs is 3. The monoisotopic (exact) mass is 478 g/mol. The summed E-state index contributed by atoms with van der Waals surface area (Å²) in [6.45, 7) is 3.70. The fourth-order valence-corrected chi connectivity index (χ4v) is 3.96. The quantitative estimate of drug-likeness (QED) is 0.454. The van der Waals surface area contributed by atoms with Crippen LogP contribution >= 0.6 is 0 Å². The van der Waals surface area contributed by atoms with Gasteiger partial charge in [-0.2, -0.15) is 18.3 Å². The maximum absolute atomic E-state index is 14.1. The van der Waals surface area contributed by atoms with Crippen LogP contribution in [0.4, 0.5) is 13.2 Å². The molecule has 0 spiro atoms. The normalized spacial score (nSPS) is 17.0. The number of halogens is 3. The molecule has 3 aromatic heterocycles. The Bertz CT molecular complexity index is 1340. The molecule has 1 aliphatic heterocycles. The number of carbonyl (C=O) groups is 1. The standard InChI is InChI=1S/C21H21F3N6O4/c1-12-8-29(28-26-12)5-4-25-20(31)19-17(21(22,23)24)16-15(34-19)3-2-13-9-30(27-18(13)16)10-14-11-32-6-7-33-14/h2-3,8-9,14H,4-7,10-11H2,1H3,(H,25,31)/t14-/m0/s1. The molecule has 4 aromatic rings. The van der Waals surface area contributed by atoms with E-state index in [2.05, 4.69) is 20.7 Å². The highest BCUT2D eigenvalue weighted by Crippen LogP contribution is 2.42. The molecule has 0 bridgehead atoms. The van der Waals surface area contributed by atoms with Gasteiger partial charge >= 0.3 is 6.18 Å². The largest absolute Gasteiger partial charge is 0.450 e. The third-order valence-electron chi connectivity index (χ3n) is 5.42. The molecule has 0 unspecified atom stereocenters. The van der Waals surface area contributed by atoms with Gasteiger partial charge in [0.25, 0.3) is 5.91 Å². The Morgan fingerprint density at radius 1 is 1.24 bits per heavy atom. The second-order valence-electron chi connectivity index (χ2n) is 7.98. The Morgan fingerprint density at radius 3 is 2.79 bits per heavy atom. The number of aromatic nitrogens is 5. The minimum absolute atomic E-state index is 0.0451. The molecule has 1 saturated heterocycles. The van der Waals surface area contributed by atoms with Crippen molar-refractivity contribution in [3.63, 3.8) is 0 Å². The molecule has 5 rings (SSSR count). The number of rotatable bonds is 6. The molecular weight excluding hydrogens is 457 g/mol. The Balaban J connectivity index is 1.46. The lowest BCUT2D eigenvalue weighted by atomic mass is 10.1. The molecule has 1 fully saturated rings. The number of aryl methyl sites for hydroxylation is 1. The van der Waals surface area contributed by atoms with Crippen molar-refractivity contribution < 1.29 is 31.9 Å². The molecule has 4 heterocycles. The summed E-state index contributed by atoms with van der Waals surface area (Å²) in [5.41, 5.74) is -0.430. The number of carbonyl (C=O) groups excluding carboxylic acids is 1. The van der Waals surface area contributed by atoms with E-state index in [1.54, 1.807) is 25.4 Å². The molecule has 1 amide bonds. The van der Waals surface area contributed by atoms with E-state index in [4.69, 9.17) is 13.9 Å². The zero-order valence-corrected chi connectivity index (χ0v) is 18.1. The molecule has 1 aromatic carbocycles. The van der Waals surface area contributed by atoms with E-state index in [-0.39, 0.29) is 35.7 Å². The molecule has 0 saturated carbocycles. The van der Waals surface area contributed by atoms with Crippen LogP contribution in [0.1, 0.15) is 21.8 Å². The summed E-state index contributed by atoms with van der Waals surface area (Å²) in [6.07, 6.45) is -1.79. The van der Waals surface area contributed by atoms with Crippen LogP contribution in [0, 0.1) is 6.92 Å². The van der Waals surface area contributed by atoms with E-state index in [0.29, 0.717) is 37.4 Å². The summed E-state index contributed by atoms with van der Waals surface area (Å²) in [4.78, 5) is 12.7. The van der Waals surface area contributed by atoms with Gasteiger partial charge in [0.05, 0.1) is 44.0 Å². The molecule has 1 atom stereocenters. The zero-order chi connectivity index (χ0) is 23.9. The third kappa shape index (κ3) is 4.35. The first-order chi connectivity index (χ1) is 16.3. The number of furan rings is 1. The van der Waals surface area contributed by atoms with E-state index in [9.17, 15) is 18.0 Å². The van der Waals surface area contributed by atoms with Crippen molar-refractivity contribution >= 4 is 27.8 Å². The zero-order valence-electron chi connectivity index (χ0n) is 18.1. The van der Waals surface area contributed by atoms with Gasteiger partial charge < -0.3 is 19.2 Å². The molecule has 1 aliphatic rings. The molecular formula is C21H21F3N6O4. The second-order valence-corrected chi connectivity index (χ2v) is 7.98. The van der Waals surface area contributed by atoms with Crippen LogP contribution < -0.4 is 5.32 Å². The van der Waals surface area contributed by atoms with Gasteiger partial charge in [0.2, 0.25) is 5.76 Å². The number of alkyl halides is 3. The third-order valence-corrected chi connectivity index (χ3v) is 5.42. The first kappa shape index (κ1) is 22.3. The smallest absolute Gasteiger partial charge is 0.421 e. The number of hydrogen-bond acceptors (Lipinski definition) is 7. The van der Waals surface area contributed by atoms with Gasteiger partial charge in [-0.15, -0.1) is 5.10 Å². The Hall–Kier alpha value is -3.45. The number of hydrogen-bond donors (Lipinski definition) is 1. The number of benzene rings is 1. The van der Waals surface area contributed by atoms with Crippen molar-refractivity contribution in [1.82, 2.24) is 30.1 Å². The molecule has 13 heteroatoms. The molecule has 0 aliphatic carbocycles. The fourth-order valence-electron chi connectivity index (χ4n) is 3.96. The van der Waals surface area contributed by atoms with Crippen molar-refractivity contribution in [1.29, 1.82) is 0 Å². The van der Waals surface area contributed by atoms with E-state index in [0.717, 1.165) is 0 Å². The van der Waals surface area contributed by atoms with Crippen LogP contribution in [0.5, 0.6) is 0 Å². The minimum atomic E-state index is -4.83. The van der Waals surface area contributed by atoms with Crippen LogP contribution in [-0.2, 0) is 28.7 Å². The molecule has 180 valence electrons. The van der Waals surface area contributed by atoms with E-state index < -0.39 is 23.4 Å². The lowest BCUT2D eigenvalue weighted by Gasteiger charge is -2.22. The highest BCUT2D eigenvalue weighted by Gasteiger charge is 2.42. The van der Waals surface area contributed by atoms with Crippen molar-refractivity contribution in [3.05, 3.63) is 41.5 Å². The van der Waals surface area contributed by atoms with E-state index in [1.165, 1.54) is 15.4 Å².